The third kappa shape index (κ3) is 6.05. The highest BCUT2D eigenvalue weighted by Crippen LogP contribution is 2.39. The summed E-state index contributed by atoms with van der Waals surface area (Å²) in [5.74, 6) is 1.02. The fraction of sp³-hybridized carbons (Fsp3) is 0.923. The molecule has 3 aliphatic heterocycles. The number of amides is 2. The number of piperidine rings is 1. The summed E-state index contributed by atoms with van der Waals surface area (Å²) in [5, 5.41) is 3.81. The molecule has 4 aliphatic rings. The van der Waals surface area contributed by atoms with Gasteiger partial charge in [0.2, 0.25) is 5.91 Å². The Morgan fingerprint density at radius 3 is 2.32 bits per heavy atom. The maximum absolute atomic E-state index is 13.1. The van der Waals surface area contributed by atoms with Gasteiger partial charge in [0.15, 0.2) is 0 Å². The van der Waals surface area contributed by atoms with Crippen LogP contribution in [0.2, 0.25) is 0 Å². The van der Waals surface area contributed by atoms with Crippen LogP contribution in [0.4, 0.5) is 4.79 Å². The van der Waals surface area contributed by atoms with Gasteiger partial charge in [0, 0.05) is 38.3 Å². The molecule has 8 nitrogen and oxygen atoms in total. The third-order valence-corrected chi connectivity index (χ3v) is 8.11. The maximum atomic E-state index is 13.1. The largest absolute Gasteiger partial charge is 0.444 e. The third-order valence-electron chi connectivity index (χ3n) is 8.11. The minimum Gasteiger partial charge on any atom is -0.444 e. The van der Waals surface area contributed by atoms with E-state index in [0.29, 0.717) is 31.7 Å². The summed E-state index contributed by atoms with van der Waals surface area (Å²) in [6, 6.07) is 1.05. The van der Waals surface area contributed by atoms with Crippen LogP contribution >= 0.6 is 0 Å². The first-order valence-electron chi connectivity index (χ1n) is 13.4. The molecule has 1 saturated carbocycles. The predicted molar refractivity (Wildman–Crippen MR) is 132 cm³/mol. The normalized spacial score (nSPS) is 33.9. The van der Waals surface area contributed by atoms with Crippen molar-refractivity contribution in [2.75, 3.05) is 39.3 Å². The van der Waals surface area contributed by atoms with Gasteiger partial charge in [0.05, 0.1) is 30.8 Å². The average molecular weight is 479 g/mol. The quantitative estimate of drug-likeness (QED) is 0.655. The number of piperazine rings is 1. The standard InChI is InChI=1S/C26H46N4O4/c1-7-20-12-22(20)27-21-13-26(33-17-21)8-10-28(11-9-26)16-23(31)29-14-18(2)30(19(3)15-29)24(32)34-25(4,5)6/h18-22,27H,7-17H2,1-6H3/t18?,19?,20-,21?,22-/m1/s1. The van der Waals surface area contributed by atoms with Crippen molar-refractivity contribution in [3.05, 3.63) is 0 Å². The van der Waals surface area contributed by atoms with Crippen molar-refractivity contribution < 1.29 is 19.1 Å². The zero-order chi connectivity index (χ0) is 24.7. The molecule has 194 valence electrons. The number of ether oxygens (including phenoxy) is 2. The minimum atomic E-state index is -0.524. The zero-order valence-electron chi connectivity index (χ0n) is 22.1. The molecule has 0 aromatic heterocycles. The molecule has 1 aliphatic carbocycles. The summed E-state index contributed by atoms with van der Waals surface area (Å²) in [5.41, 5.74) is -0.528. The summed E-state index contributed by atoms with van der Waals surface area (Å²) in [7, 11) is 0. The lowest BCUT2D eigenvalue weighted by molar-refractivity contribution is -0.138. The summed E-state index contributed by atoms with van der Waals surface area (Å²) in [4.78, 5) is 31.8. The van der Waals surface area contributed by atoms with Gasteiger partial charge in [-0.25, -0.2) is 4.79 Å². The molecule has 1 spiro atoms. The van der Waals surface area contributed by atoms with E-state index in [-0.39, 0.29) is 29.7 Å². The Hall–Kier alpha value is -1.38. The topological polar surface area (TPSA) is 74.4 Å². The molecular weight excluding hydrogens is 432 g/mol. The smallest absolute Gasteiger partial charge is 0.410 e. The lowest BCUT2D eigenvalue weighted by atomic mass is 9.87. The van der Waals surface area contributed by atoms with E-state index in [1.54, 1.807) is 4.90 Å². The van der Waals surface area contributed by atoms with Gasteiger partial charge in [0.25, 0.3) is 0 Å². The van der Waals surface area contributed by atoms with Gasteiger partial charge in [-0.3, -0.25) is 14.6 Å². The van der Waals surface area contributed by atoms with Crippen molar-refractivity contribution in [1.29, 1.82) is 0 Å². The molecule has 34 heavy (non-hydrogen) atoms. The second-order valence-electron chi connectivity index (χ2n) is 12.2. The van der Waals surface area contributed by atoms with Gasteiger partial charge in [-0.2, -0.15) is 0 Å². The number of carbonyl (C=O) groups is 2. The molecule has 2 amide bonds. The van der Waals surface area contributed by atoms with Gasteiger partial charge in [-0.15, -0.1) is 0 Å². The van der Waals surface area contributed by atoms with E-state index in [2.05, 4.69) is 17.1 Å². The van der Waals surface area contributed by atoms with Gasteiger partial charge in [0.1, 0.15) is 5.60 Å². The number of hydrogen-bond donors (Lipinski definition) is 1. The van der Waals surface area contributed by atoms with E-state index < -0.39 is 5.60 Å². The molecule has 0 radical (unpaired) electrons. The number of nitrogens with one attached hydrogen (secondary N) is 1. The first kappa shape index (κ1) is 25.7. The van der Waals surface area contributed by atoms with Crippen LogP contribution in [-0.2, 0) is 14.3 Å². The monoisotopic (exact) mass is 478 g/mol. The van der Waals surface area contributed by atoms with Crippen LogP contribution in [0.5, 0.6) is 0 Å². The van der Waals surface area contributed by atoms with Crippen LogP contribution in [-0.4, -0.2) is 101 Å². The summed E-state index contributed by atoms with van der Waals surface area (Å²) < 4.78 is 11.9. The molecule has 3 heterocycles. The Labute approximate surface area is 205 Å². The predicted octanol–water partition coefficient (Wildman–Crippen LogP) is 2.85. The highest BCUT2D eigenvalue weighted by atomic mass is 16.6. The minimum absolute atomic E-state index is 0.00408. The highest BCUT2D eigenvalue weighted by Gasteiger charge is 2.46. The molecule has 0 aromatic carbocycles. The van der Waals surface area contributed by atoms with E-state index in [9.17, 15) is 9.59 Å². The van der Waals surface area contributed by atoms with Gasteiger partial charge < -0.3 is 19.7 Å². The van der Waals surface area contributed by atoms with Gasteiger partial charge in [-0.1, -0.05) is 13.3 Å². The van der Waals surface area contributed by atoms with Crippen molar-refractivity contribution in [3.63, 3.8) is 0 Å². The van der Waals surface area contributed by atoms with E-state index in [4.69, 9.17) is 9.47 Å². The number of hydrogen-bond acceptors (Lipinski definition) is 6. The van der Waals surface area contributed by atoms with E-state index in [1.165, 1.54) is 12.8 Å². The van der Waals surface area contributed by atoms with Crippen molar-refractivity contribution >= 4 is 12.0 Å². The summed E-state index contributed by atoms with van der Waals surface area (Å²) in [6.07, 6.45) is 5.39. The molecule has 3 saturated heterocycles. The average Bonchev–Trinajstić information content (AvgIpc) is 3.38. The van der Waals surface area contributed by atoms with Crippen LogP contribution in [0.25, 0.3) is 0 Å². The summed E-state index contributed by atoms with van der Waals surface area (Å²) in [6.45, 7) is 16.1. The molecule has 8 heteroatoms. The molecule has 5 atom stereocenters. The number of carbonyl (C=O) groups excluding carboxylic acids is 2. The molecule has 1 N–H and O–H groups in total. The number of rotatable bonds is 5. The zero-order valence-corrected chi connectivity index (χ0v) is 22.1. The van der Waals surface area contributed by atoms with Gasteiger partial charge in [-0.05, 0) is 66.2 Å². The Bertz CT molecular complexity index is 734. The second kappa shape index (κ2) is 9.94. The fourth-order valence-electron chi connectivity index (χ4n) is 6.12. The number of nitrogens with zero attached hydrogens (tertiary/aromatic N) is 3. The first-order chi connectivity index (χ1) is 16.0. The van der Waals surface area contributed by atoms with Crippen LogP contribution in [0.1, 0.15) is 73.6 Å². The second-order valence-corrected chi connectivity index (χ2v) is 12.2. The Morgan fingerprint density at radius 2 is 1.76 bits per heavy atom. The first-order valence-corrected chi connectivity index (χ1v) is 13.4. The van der Waals surface area contributed by atoms with Crippen LogP contribution in [0.3, 0.4) is 0 Å². The van der Waals surface area contributed by atoms with E-state index in [0.717, 1.165) is 44.9 Å². The van der Waals surface area contributed by atoms with Crippen molar-refractivity contribution in [3.8, 4) is 0 Å². The van der Waals surface area contributed by atoms with Crippen LogP contribution in [0, 0.1) is 5.92 Å². The SMILES string of the molecule is CC[C@@H]1C[C@H]1NC1COC2(CCN(CC(=O)N3CC(C)N(C(=O)OC(C)(C)C)C(C)C3)CC2)C1. The van der Waals surface area contributed by atoms with Crippen LogP contribution < -0.4 is 5.32 Å². The molecule has 0 bridgehead atoms. The lowest BCUT2D eigenvalue weighted by Gasteiger charge is -2.45. The Kier molecular flexibility index (Phi) is 7.51. The molecular formula is C26H46N4O4. The number of likely N-dealkylation sites (tertiary alicyclic amines) is 1. The summed E-state index contributed by atoms with van der Waals surface area (Å²) >= 11 is 0. The lowest BCUT2D eigenvalue weighted by Crippen LogP contribution is -2.61. The molecule has 3 unspecified atom stereocenters. The van der Waals surface area contributed by atoms with E-state index in [1.807, 2.05) is 39.5 Å². The molecule has 4 fully saturated rings. The van der Waals surface area contributed by atoms with Crippen molar-refractivity contribution in [2.45, 2.75) is 109 Å². The van der Waals surface area contributed by atoms with E-state index >= 15 is 0 Å². The maximum Gasteiger partial charge on any atom is 0.410 e. The fourth-order valence-corrected chi connectivity index (χ4v) is 6.12. The van der Waals surface area contributed by atoms with Crippen LogP contribution in [0.15, 0.2) is 0 Å². The Balaban J connectivity index is 1.21. The highest BCUT2D eigenvalue weighted by molar-refractivity contribution is 5.79. The molecule has 0 aromatic rings. The van der Waals surface area contributed by atoms with Crippen molar-refractivity contribution in [2.24, 2.45) is 5.92 Å². The molecule has 4 rings (SSSR count). The van der Waals surface area contributed by atoms with Crippen molar-refractivity contribution in [1.82, 2.24) is 20.0 Å². The Morgan fingerprint density at radius 1 is 1.12 bits per heavy atom. The van der Waals surface area contributed by atoms with Gasteiger partial charge >= 0.3 is 6.09 Å².